The van der Waals surface area contributed by atoms with Crippen LogP contribution in [0, 0.1) is 0 Å². The molecule has 0 radical (unpaired) electrons. The Kier molecular flexibility index (Phi) is 10.5. The second-order valence-electron chi connectivity index (χ2n) is 11.3. The third-order valence-corrected chi connectivity index (χ3v) is 7.95. The van der Waals surface area contributed by atoms with Gasteiger partial charge in [-0.2, -0.15) is 0 Å². The number of carbonyl (C=O) groups is 3. The van der Waals surface area contributed by atoms with E-state index >= 15 is 0 Å². The number of amides is 2. The van der Waals surface area contributed by atoms with Crippen molar-refractivity contribution in [3.05, 3.63) is 173 Å². The number of hydrogen-bond acceptors (Lipinski definition) is 5. The van der Waals surface area contributed by atoms with Gasteiger partial charge in [-0.25, -0.2) is 4.79 Å². The summed E-state index contributed by atoms with van der Waals surface area (Å²) in [4.78, 5) is 39.1. The van der Waals surface area contributed by atoms with Crippen LogP contribution in [-0.4, -0.2) is 28.9 Å². The van der Waals surface area contributed by atoms with Crippen molar-refractivity contribution in [2.45, 2.75) is 12.5 Å². The minimum Gasteiger partial charge on any atom is -0.480 e. The van der Waals surface area contributed by atoms with Crippen molar-refractivity contribution in [2.75, 3.05) is 5.32 Å². The molecule has 0 heterocycles. The number of benzene rings is 6. The molecule has 0 fully saturated rings. The van der Waals surface area contributed by atoms with E-state index in [-0.39, 0.29) is 22.7 Å². The predicted octanol–water partition coefficient (Wildman–Crippen LogP) is 9.27. The molecule has 1 unspecified atom stereocenters. The minimum absolute atomic E-state index is 0.0131. The van der Waals surface area contributed by atoms with Crippen LogP contribution >= 0.6 is 11.6 Å². The zero-order valence-corrected chi connectivity index (χ0v) is 27.3. The summed E-state index contributed by atoms with van der Waals surface area (Å²) >= 11 is 6.23. The molecule has 6 rings (SSSR count). The Hall–Kier alpha value is -6.38. The van der Waals surface area contributed by atoms with E-state index in [0.717, 1.165) is 11.1 Å². The highest BCUT2D eigenvalue weighted by Crippen LogP contribution is 2.33. The number of aliphatic carboxylic acids is 1. The zero-order chi connectivity index (χ0) is 34.9. The summed E-state index contributed by atoms with van der Waals surface area (Å²) in [6.45, 7) is 0. The van der Waals surface area contributed by atoms with Crippen LogP contribution in [0.15, 0.2) is 152 Å². The lowest BCUT2D eigenvalue weighted by Crippen LogP contribution is -2.42. The molecule has 6 aromatic carbocycles. The molecule has 0 aromatic heterocycles. The van der Waals surface area contributed by atoms with Crippen LogP contribution in [-0.2, 0) is 11.2 Å². The van der Waals surface area contributed by atoms with Crippen LogP contribution in [0.25, 0.3) is 11.1 Å². The molecule has 3 N–H and O–H groups in total. The molecule has 0 aliphatic heterocycles. The van der Waals surface area contributed by atoms with Gasteiger partial charge in [0.15, 0.2) is 0 Å². The standard InChI is InChI=1S/C41H31ClN2O6/c42-30-22-23-36(43-39(45)29-10-9-15-33(25-29)49-31-11-3-1-4-12-31)35(26-30)40(46)44-37(41(47)48)24-27-18-20-28(21-19-27)34-16-7-8-17-38(34)50-32-13-5-2-6-14-32/h1-23,25-26,37H,24H2,(H,43,45)(H,44,46)(H,47,48). The highest BCUT2D eigenvalue weighted by atomic mass is 35.5. The largest absolute Gasteiger partial charge is 0.480 e. The Labute approximate surface area is 293 Å². The maximum Gasteiger partial charge on any atom is 0.326 e. The van der Waals surface area contributed by atoms with Gasteiger partial charge in [-0.05, 0) is 77.9 Å². The lowest BCUT2D eigenvalue weighted by Gasteiger charge is -2.17. The zero-order valence-electron chi connectivity index (χ0n) is 26.6. The van der Waals surface area contributed by atoms with E-state index in [1.807, 2.05) is 97.1 Å². The minimum atomic E-state index is -1.27. The van der Waals surface area contributed by atoms with Crippen LogP contribution in [0.2, 0.25) is 5.02 Å². The second kappa shape index (κ2) is 15.7. The van der Waals surface area contributed by atoms with Crippen molar-refractivity contribution in [1.82, 2.24) is 5.32 Å². The van der Waals surface area contributed by atoms with Gasteiger partial charge in [-0.15, -0.1) is 0 Å². The first-order valence-corrected chi connectivity index (χ1v) is 16.1. The number of anilines is 1. The summed E-state index contributed by atoms with van der Waals surface area (Å²) in [6, 6.07) is 43.4. The highest BCUT2D eigenvalue weighted by molar-refractivity contribution is 6.31. The molecule has 8 nitrogen and oxygen atoms in total. The lowest BCUT2D eigenvalue weighted by molar-refractivity contribution is -0.139. The maximum absolute atomic E-state index is 13.5. The Morgan fingerprint density at radius 2 is 1.28 bits per heavy atom. The number of rotatable bonds is 12. The van der Waals surface area contributed by atoms with Crippen molar-refractivity contribution >= 4 is 35.1 Å². The number of nitrogens with one attached hydrogen (secondary N) is 2. The number of carbonyl (C=O) groups excluding carboxylic acids is 2. The van der Waals surface area contributed by atoms with Crippen molar-refractivity contribution in [1.29, 1.82) is 0 Å². The topological polar surface area (TPSA) is 114 Å². The molecule has 0 saturated carbocycles. The third-order valence-electron chi connectivity index (χ3n) is 7.72. The van der Waals surface area contributed by atoms with Gasteiger partial charge in [-0.3, -0.25) is 9.59 Å². The lowest BCUT2D eigenvalue weighted by atomic mass is 9.99. The summed E-state index contributed by atoms with van der Waals surface area (Å²) < 4.78 is 11.9. The quantitative estimate of drug-likeness (QED) is 0.119. The molecular weight excluding hydrogens is 652 g/mol. The normalized spacial score (nSPS) is 11.2. The Morgan fingerprint density at radius 3 is 1.98 bits per heavy atom. The summed E-state index contributed by atoms with van der Waals surface area (Å²) in [7, 11) is 0. The third kappa shape index (κ3) is 8.55. The molecule has 9 heteroatoms. The monoisotopic (exact) mass is 682 g/mol. The van der Waals surface area contributed by atoms with E-state index in [9.17, 15) is 19.5 Å². The van der Waals surface area contributed by atoms with Gasteiger partial charge in [0.25, 0.3) is 11.8 Å². The summed E-state index contributed by atoms with van der Waals surface area (Å²) in [5.74, 6) is 0.0446. The number of para-hydroxylation sites is 3. The summed E-state index contributed by atoms with van der Waals surface area (Å²) in [6.07, 6.45) is 0.0139. The fourth-order valence-electron chi connectivity index (χ4n) is 5.24. The van der Waals surface area contributed by atoms with Crippen LogP contribution < -0.4 is 20.1 Å². The molecule has 0 bridgehead atoms. The van der Waals surface area contributed by atoms with Crippen LogP contribution in [0.5, 0.6) is 23.0 Å². The fraction of sp³-hybridized carbons (Fsp3) is 0.0488. The Morgan fingerprint density at radius 1 is 0.640 bits per heavy atom. The van der Waals surface area contributed by atoms with E-state index in [0.29, 0.717) is 34.1 Å². The highest BCUT2D eigenvalue weighted by Gasteiger charge is 2.24. The second-order valence-corrected chi connectivity index (χ2v) is 11.7. The van der Waals surface area contributed by atoms with E-state index < -0.39 is 23.8 Å². The molecule has 1 atom stereocenters. The SMILES string of the molecule is O=C(Nc1ccc(Cl)cc1C(=O)NC(Cc1ccc(-c2ccccc2Oc2ccccc2)cc1)C(=O)O)c1cccc(Oc2ccccc2)c1. The molecular formula is C41H31ClN2O6. The van der Waals surface area contributed by atoms with Crippen LogP contribution in [0.3, 0.4) is 0 Å². The van der Waals surface area contributed by atoms with Crippen molar-refractivity contribution in [3.63, 3.8) is 0 Å². The average molecular weight is 683 g/mol. The molecule has 50 heavy (non-hydrogen) atoms. The Bertz CT molecular complexity index is 2120. The van der Waals surface area contributed by atoms with Gasteiger partial charge in [0.2, 0.25) is 0 Å². The number of halogens is 1. The molecule has 0 aliphatic carbocycles. The maximum atomic E-state index is 13.5. The van der Waals surface area contributed by atoms with Crippen LogP contribution in [0.1, 0.15) is 26.3 Å². The molecule has 248 valence electrons. The van der Waals surface area contributed by atoms with Gasteiger partial charge in [0.05, 0.1) is 11.3 Å². The Balaban J connectivity index is 1.15. The van der Waals surface area contributed by atoms with Gasteiger partial charge in [0.1, 0.15) is 29.0 Å². The van der Waals surface area contributed by atoms with E-state index in [1.54, 1.807) is 36.4 Å². The predicted molar refractivity (Wildman–Crippen MR) is 193 cm³/mol. The van der Waals surface area contributed by atoms with Crippen molar-refractivity contribution < 1.29 is 29.0 Å². The average Bonchev–Trinajstić information content (AvgIpc) is 3.13. The summed E-state index contributed by atoms with van der Waals surface area (Å²) in [5, 5.41) is 15.6. The van der Waals surface area contributed by atoms with Gasteiger partial charge in [0, 0.05) is 22.6 Å². The number of ether oxygens (including phenoxy) is 2. The van der Waals surface area contributed by atoms with Crippen molar-refractivity contribution in [2.24, 2.45) is 0 Å². The van der Waals surface area contributed by atoms with E-state index in [4.69, 9.17) is 21.1 Å². The number of hydrogen-bond donors (Lipinski definition) is 3. The molecule has 0 aliphatic rings. The number of carboxylic acids is 1. The molecule has 2 amide bonds. The van der Waals surface area contributed by atoms with E-state index in [2.05, 4.69) is 10.6 Å². The van der Waals surface area contributed by atoms with Gasteiger partial charge in [-0.1, -0.05) is 96.5 Å². The first-order chi connectivity index (χ1) is 24.3. The smallest absolute Gasteiger partial charge is 0.326 e. The number of carboxylic acid groups (broad SMARTS) is 1. The summed E-state index contributed by atoms with van der Waals surface area (Å²) in [5.41, 5.74) is 2.92. The molecule has 6 aromatic rings. The fourth-order valence-corrected chi connectivity index (χ4v) is 5.41. The molecule has 0 spiro atoms. The van der Waals surface area contributed by atoms with Crippen molar-refractivity contribution in [3.8, 4) is 34.1 Å². The van der Waals surface area contributed by atoms with Gasteiger partial charge >= 0.3 is 5.97 Å². The first kappa shape index (κ1) is 33.5. The molecule has 0 saturated heterocycles. The van der Waals surface area contributed by atoms with Crippen LogP contribution in [0.4, 0.5) is 5.69 Å². The first-order valence-electron chi connectivity index (χ1n) is 15.7. The van der Waals surface area contributed by atoms with Gasteiger partial charge < -0.3 is 25.2 Å². The van der Waals surface area contributed by atoms with E-state index in [1.165, 1.54) is 18.2 Å².